The second-order valence-electron chi connectivity index (χ2n) is 6.82. The van der Waals surface area contributed by atoms with Crippen molar-refractivity contribution in [1.82, 2.24) is 0 Å². The fourth-order valence-electron chi connectivity index (χ4n) is 4.13. The summed E-state index contributed by atoms with van der Waals surface area (Å²) in [6.45, 7) is 5.12. The molecule has 1 saturated carbocycles. The Hall–Kier alpha value is -1.20. The molecule has 5 heteroatoms. The van der Waals surface area contributed by atoms with Gasteiger partial charge in [-0.25, -0.2) is 0 Å². The third-order valence-corrected chi connectivity index (χ3v) is 5.44. The zero-order valence-electron chi connectivity index (χ0n) is 13.0. The van der Waals surface area contributed by atoms with Crippen molar-refractivity contribution in [3.63, 3.8) is 0 Å². The average molecular weight is 296 g/mol. The number of rotatable bonds is 2. The third kappa shape index (κ3) is 2.42. The number of allylic oxidation sites excluding steroid dienone is 1. The summed E-state index contributed by atoms with van der Waals surface area (Å²) in [7, 11) is 1.32. The van der Waals surface area contributed by atoms with E-state index in [1.54, 1.807) is 20.8 Å². The smallest absolute Gasteiger partial charge is 0.308 e. The molecule has 0 aromatic carbocycles. The van der Waals surface area contributed by atoms with E-state index in [4.69, 9.17) is 4.74 Å². The number of ketones is 1. The first kappa shape index (κ1) is 16.2. The lowest BCUT2D eigenvalue weighted by Crippen LogP contribution is -2.60. The Morgan fingerprint density at radius 1 is 1.48 bits per heavy atom. The fraction of sp³-hybridized carbons (Fsp3) is 0.750. The number of fused-ring (bicyclic) bond motifs is 1. The molecule has 5 nitrogen and oxygen atoms in total. The quantitative estimate of drug-likeness (QED) is 0.745. The van der Waals surface area contributed by atoms with Gasteiger partial charge in [0.05, 0.1) is 24.7 Å². The lowest BCUT2D eigenvalue weighted by molar-refractivity contribution is -0.172. The SMILES string of the molecule is COC(=O)[C@@H](C)[C@@H]1CC[C@@]2(C)C(=O)C=C[C@@](C)(O)[C@@H]2[C@H]1O. The number of hydrogen-bond donors (Lipinski definition) is 2. The van der Waals surface area contributed by atoms with Crippen LogP contribution < -0.4 is 0 Å². The number of methoxy groups -OCH3 is 1. The molecule has 118 valence electrons. The molecule has 0 spiro atoms. The molecule has 21 heavy (non-hydrogen) atoms. The van der Waals surface area contributed by atoms with Gasteiger partial charge in [0.2, 0.25) is 0 Å². The topological polar surface area (TPSA) is 83.8 Å². The van der Waals surface area contributed by atoms with E-state index in [2.05, 4.69) is 0 Å². The monoisotopic (exact) mass is 296 g/mol. The van der Waals surface area contributed by atoms with Gasteiger partial charge in [0, 0.05) is 11.3 Å². The minimum absolute atomic E-state index is 0.0674. The molecule has 0 amide bonds. The number of carbonyl (C=O) groups excluding carboxylic acids is 2. The highest BCUT2D eigenvalue weighted by Crippen LogP contribution is 2.53. The average Bonchev–Trinajstić information content (AvgIpc) is 2.42. The zero-order valence-corrected chi connectivity index (χ0v) is 13.0. The van der Waals surface area contributed by atoms with Crippen molar-refractivity contribution >= 4 is 11.8 Å². The van der Waals surface area contributed by atoms with Crippen LogP contribution in [0, 0.1) is 23.2 Å². The van der Waals surface area contributed by atoms with Gasteiger partial charge in [0.25, 0.3) is 0 Å². The Kier molecular flexibility index (Phi) is 4.02. The molecule has 0 saturated heterocycles. The Bertz CT molecular complexity index is 481. The molecule has 0 bridgehead atoms. The number of esters is 1. The van der Waals surface area contributed by atoms with E-state index in [1.165, 1.54) is 19.3 Å². The summed E-state index contributed by atoms with van der Waals surface area (Å²) in [5, 5.41) is 21.3. The molecule has 6 atom stereocenters. The molecule has 0 unspecified atom stereocenters. The van der Waals surface area contributed by atoms with E-state index in [-0.39, 0.29) is 17.7 Å². The summed E-state index contributed by atoms with van der Waals surface area (Å²) in [6.07, 6.45) is 3.03. The van der Waals surface area contributed by atoms with Gasteiger partial charge in [-0.1, -0.05) is 13.8 Å². The van der Waals surface area contributed by atoms with Crippen LogP contribution in [0.1, 0.15) is 33.6 Å². The fourth-order valence-corrected chi connectivity index (χ4v) is 4.13. The standard InChI is InChI=1S/C16H24O5/c1-9(14(19)21-4)10-5-7-15(2)11(17)6-8-16(3,20)13(15)12(10)18/h6,8-10,12-13,18,20H,5,7H2,1-4H3/t9-,10-,12-,13+,15-,16+/m0/s1. The summed E-state index contributed by atoms with van der Waals surface area (Å²) in [5.74, 6) is -1.84. The van der Waals surface area contributed by atoms with Crippen molar-refractivity contribution in [2.24, 2.45) is 23.2 Å². The van der Waals surface area contributed by atoms with Crippen LogP contribution in [0.5, 0.6) is 0 Å². The highest BCUT2D eigenvalue weighted by Gasteiger charge is 2.58. The van der Waals surface area contributed by atoms with Crippen LogP contribution in [0.4, 0.5) is 0 Å². The van der Waals surface area contributed by atoms with Crippen LogP contribution in [0.2, 0.25) is 0 Å². The normalized spacial score (nSPS) is 44.1. The highest BCUT2D eigenvalue weighted by atomic mass is 16.5. The molecule has 0 aliphatic heterocycles. The summed E-state index contributed by atoms with van der Waals surface area (Å²) in [4.78, 5) is 24.0. The first-order valence-electron chi connectivity index (χ1n) is 7.37. The summed E-state index contributed by atoms with van der Waals surface area (Å²) < 4.78 is 4.75. The summed E-state index contributed by atoms with van der Waals surface area (Å²) in [6, 6.07) is 0. The van der Waals surface area contributed by atoms with Crippen molar-refractivity contribution in [2.45, 2.75) is 45.3 Å². The van der Waals surface area contributed by atoms with E-state index in [0.29, 0.717) is 12.8 Å². The maximum Gasteiger partial charge on any atom is 0.308 e. The molecular formula is C16H24O5. The molecular weight excluding hydrogens is 272 g/mol. The van der Waals surface area contributed by atoms with Crippen LogP contribution >= 0.6 is 0 Å². The first-order valence-corrected chi connectivity index (χ1v) is 7.37. The van der Waals surface area contributed by atoms with E-state index < -0.39 is 29.0 Å². The molecule has 0 radical (unpaired) electrons. The number of ether oxygens (including phenoxy) is 1. The minimum atomic E-state index is -1.27. The van der Waals surface area contributed by atoms with Crippen molar-refractivity contribution in [2.75, 3.05) is 7.11 Å². The lowest BCUT2D eigenvalue weighted by atomic mass is 9.52. The number of aliphatic hydroxyl groups is 2. The lowest BCUT2D eigenvalue weighted by Gasteiger charge is -2.53. The van der Waals surface area contributed by atoms with E-state index in [9.17, 15) is 19.8 Å². The second-order valence-corrected chi connectivity index (χ2v) is 6.82. The van der Waals surface area contributed by atoms with Gasteiger partial charge in [-0.2, -0.15) is 0 Å². The molecule has 2 N–H and O–H groups in total. The predicted molar refractivity (Wildman–Crippen MR) is 76.3 cm³/mol. The van der Waals surface area contributed by atoms with Crippen LogP contribution in [0.3, 0.4) is 0 Å². The van der Waals surface area contributed by atoms with Gasteiger partial charge >= 0.3 is 5.97 Å². The third-order valence-electron chi connectivity index (χ3n) is 5.44. The van der Waals surface area contributed by atoms with Gasteiger partial charge in [0.1, 0.15) is 0 Å². The minimum Gasteiger partial charge on any atom is -0.469 e. The molecule has 0 aromatic rings. The second kappa shape index (κ2) is 5.21. The van der Waals surface area contributed by atoms with Crippen molar-refractivity contribution < 1.29 is 24.5 Å². The Labute approximate surface area is 125 Å². The van der Waals surface area contributed by atoms with Crippen LogP contribution in [-0.4, -0.2) is 40.8 Å². The number of aliphatic hydroxyl groups excluding tert-OH is 1. The van der Waals surface area contributed by atoms with E-state index in [1.807, 2.05) is 0 Å². The van der Waals surface area contributed by atoms with Crippen molar-refractivity contribution in [3.05, 3.63) is 12.2 Å². The van der Waals surface area contributed by atoms with Crippen LogP contribution in [0.15, 0.2) is 12.2 Å². The largest absolute Gasteiger partial charge is 0.469 e. The molecule has 2 rings (SSSR count). The van der Waals surface area contributed by atoms with Crippen LogP contribution in [-0.2, 0) is 14.3 Å². The highest BCUT2D eigenvalue weighted by molar-refractivity contribution is 5.96. The number of carbonyl (C=O) groups is 2. The van der Waals surface area contributed by atoms with Crippen LogP contribution in [0.25, 0.3) is 0 Å². The van der Waals surface area contributed by atoms with Gasteiger partial charge in [-0.15, -0.1) is 0 Å². The van der Waals surface area contributed by atoms with E-state index in [0.717, 1.165) is 0 Å². The Morgan fingerprint density at radius 3 is 2.67 bits per heavy atom. The van der Waals surface area contributed by atoms with Crippen molar-refractivity contribution in [1.29, 1.82) is 0 Å². The molecule has 0 heterocycles. The maximum absolute atomic E-state index is 12.2. The maximum atomic E-state index is 12.2. The Morgan fingerprint density at radius 2 is 2.10 bits per heavy atom. The van der Waals surface area contributed by atoms with Gasteiger partial charge in [0.15, 0.2) is 5.78 Å². The summed E-state index contributed by atoms with van der Waals surface area (Å²) in [5.41, 5.74) is -2.05. The molecule has 2 aliphatic carbocycles. The van der Waals surface area contributed by atoms with Gasteiger partial charge < -0.3 is 14.9 Å². The van der Waals surface area contributed by atoms with E-state index >= 15 is 0 Å². The molecule has 0 aromatic heterocycles. The van der Waals surface area contributed by atoms with Gasteiger partial charge in [-0.3, -0.25) is 9.59 Å². The molecule has 2 aliphatic rings. The number of hydrogen-bond acceptors (Lipinski definition) is 5. The predicted octanol–water partition coefficient (Wildman–Crippen LogP) is 1.08. The first-order chi connectivity index (χ1) is 9.65. The van der Waals surface area contributed by atoms with Gasteiger partial charge in [-0.05, 0) is 37.8 Å². The Balaban J connectivity index is 2.36. The zero-order chi connectivity index (χ0) is 16.0. The molecule has 1 fully saturated rings. The summed E-state index contributed by atoms with van der Waals surface area (Å²) >= 11 is 0. The van der Waals surface area contributed by atoms with Crippen molar-refractivity contribution in [3.8, 4) is 0 Å².